The van der Waals surface area contributed by atoms with Crippen molar-refractivity contribution in [1.29, 1.82) is 5.26 Å². The number of aliphatic hydroxyl groups is 1. The minimum atomic E-state index is -0.611. The first-order valence-corrected chi connectivity index (χ1v) is 9.39. The maximum atomic E-state index is 12.7. The number of aromatic nitrogens is 1. The first-order valence-electron chi connectivity index (χ1n) is 8.57. The molecule has 0 unspecified atom stereocenters. The summed E-state index contributed by atoms with van der Waals surface area (Å²) in [6, 6.07) is 9.33. The Morgan fingerprint density at radius 1 is 1.46 bits per heavy atom. The molecule has 7 nitrogen and oxygen atoms in total. The summed E-state index contributed by atoms with van der Waals surface area (Å²) >= 11 is 1.06. The fourth-order valence-electron chi connectivity index (χ4n) is 2.50. The molecule has 0 atom stereocenters. The van der Waals surface area contributed by atoms with E-state index in [0.29, 0.717) is 17.5 Å². The molecule has 0 bridgehead atoms. The first kappa shape index (κ1) is 21.0. The number of carbonyl (C=O) groups excluding carboxylic acids is 1. The van der Waals surface area contributed by atoms with Gasteiger partial charge in [0, 0.05) is 25.0 Å². The van der Waals surface area contributed by atoms with Crippen molar-refractivity contribution in [3.8, 4) is 18.4 Å². The number of benzene rings is 1. The number of terminal acetylenes is 1. The molecule has 2 aromatic rings. The Balaban J connectivity index is 2.49. The lowest BCUT2D eigenvalue weighted by molar-refractivity contribution is -0.115. The lowest BCUT2D eigenvalue weighted by Crippen LogP contribution is -2.34. The highest BCUT2D eigenvalue weighted by Gasteiger charge is 2.14. The van der Waals surface area contributed by atoms with E-state index in [1.54, 1.807) is 13.1 Å². The van der Waals surface area contributed by atoms with Crippen LogP contribution in [-0.4, -0.2) is 28.7 Å². The van der Waals surface area contributed by atoms with E-state index in [1.165, 1.54) is 4.57 Å². The number of nitriles is 1. The normalized spacial score (nSPS) is 12.1. The van der Waals surface area contributed by atoms with Crippen molar-refractivity contribution >= 4 is 34.7 Å². The van der Waals surface area contributed by atoms with Crippen LogP contribution in [0.5, 0.6) is 0 Å². The molecule has 0 aliphatic heterocycles. The highest BCUT2D eigenvalue weighted by atomic mass is 32.1. The first-order chi connectivity index (χ1) is 13.5. The topological polar surface area (TPSA) is 107 Å². The molecule has 0 saturated heterocycles. The molecule has 8 heteroatoms. The second-order valence-corrected chi connectivity index (χ2v) is 6.69. The van der Waals surface area contributed by atoms with Crippen LogP contribution in [0, 0.1) is 23.7 Å². The molecule has 0 spiro atoms. The molecule has 3 N–H and O–H groups in total. The van der Waals surface area contributed by atoms with Gasteiger partial charge in [0.25, 0.3) is 11.5 Å². The SMILES string of the molecule is C#CCNC(=O)C(C#N)=c1sc(=CNc2cccc(CCO)c2)c(=O)n1CC. The number of carbonyl (C=O) groups is 1. The van der Waals surface area contributed by atoms with Gasteiger partial charge in [-0.05, 0) is 31.0 Å². The molecule has 0 aliphatic rings. The zero-order valence-electron chi connectivity index (χ0n) is 15.4. The molecule has 1 amide bonds. The number of hydrogen-bond donors (Lipinski definition) is 3. The number of nitrogens with zero attached hydrogens (tertiary/aromatic N) is 2. The van der Waals surface area contributed by atoms with Crippen molar-refractivity contribution in [2.45, 2.75) is 19.9 Å². The maximum Gasteiger partial charge on any atom is 0.270 e. The number of aliphatic hydroxyl groups excluding tert-OH is 1. The van der Waals surface area contributed by atoms with E-state index in [4.69, 9.17) is 11.5 Å². The molecular weight excluding hydrogens is 376 g/mol. The van der Waals surface area contributed by atoms with Gasteiger partial charge in [-0.1, -0.05) is 18.1 Å². The summed E-state index contributed by atoms with van der Waals surface area (Å²) in [5.74, 6) is 1.66. The Kier molecular flexibility index (Phi) is 7.58. The minimum Gasteiger partial charge on any atom is -0.396 e. The number of rotatable bonds is 7. The molecular formula is C20H20N4O3S. The number of nitrogens with one attached hydrogen (secondary N) is 2. The third-order valence-corrected chi connectivity index (χ3v) is 4.96. The van der Waals surface area contributed by atoms with E-state index in [2.05, 4.69) is 16.6 Å². The van der Waals surface area contributed by atoms with Crippen molar-refractivity contribution in [3.63, 3.8) is 0 Å². The summed E-state index contributed by atoms with van der Waals surface area (Å²) in [6.07, 6.45) is 7.22. The van der Waals surface area contributed by atoms with E-state index in [0.717, 1.165) is 22.6 Å². The van der Waals surface area contributed by atoms with E-state index < -0.39 is 5.91 Å². The van der Waals surface area contributed by atoms with E-state index >= 15 is 0 Å². The summed E-state index contributed by atoms with van der Waals surface area (Å²) in [4.78, 5) is 24.8. The summed E-state index contributed by atoms with van der Waals surface area (Å²) in [6.45, 7) is 2.13. The fraction of sp³-hybridized carbons (Fsp3) is 0.250. The van der Waals surface area contributed by atoms with Crippen molar-refractivity contribution in [2.24, 2.45) is 0 Å². The van der Waals surface area contributed by atoms with Crippen LogP contribution in [0.2, 0.25) is 0 Å². The monoisotopic (exact) mass is 396 g/mol. The number of thiazole rings is 1. The molecule has 28 heavy (non-hydrogen) atoms. The molecule has 144 valence electrons. The number of anilines is 1. The molecule has 0 fully saturated rings. The smallest absolute Gasteiger partial charge is 0.270 e. The highest BCUT2D eigenvalue weighted by Crippen LogP contribution is 2.10. The third-order valence-electron chi connectivity index (χ3n) is 3.83. The van der Waals surface area contributed by atoms with Crippen molar-refractivity contribution in [3.05, 3.63) is 49.4 Å². The van der Waals surface area contributed by atoms with Crippen molar-refractivity contribution in [1.82, 2.24) is 9.88 Å². The van der Waals surface area contributed by atoms with Gasteiger partial charge in [0.2, 0.25) is 0 Å². The molecule has 0 aliphatic carbocycles. The van der Waals surface area contributed by atoms with Crippen LogP contribution >= 0.6 is 11.3 Å². The summed E-state index contributed by atoms with van der Waals surface area (Å²) in [5.41, 5.74) is 1.28. The molecule has 0 saturated carbocycles. The summed E-state index contributed by atoms with van der Waals surface area (Å²) in [7, 11) is 0. The summed E-state index contributed by atoms with van der Waals surface area (Å²) < 4.78 is 2.03. The van der Waals surface area contributed by atoms with Crippen LogP contribution in [0.25, 0.3) is 11.8 Å². The lowest BCUT2D eigenvalue weighted by atomic mass is 10.1. The van der Waals surface area contributed by atoms with E-state index in [-0.39, 0.29) is 28.9 Å². The molecule has 2 rings (SSSR count). The Labute approximate surface area is 166 Å². The zero-order chi connectivity index (χ0) is 20.5. The van der Waals surface area contributed by atoms with Gasteiger partial charge < -0.3 is 15.7 Å². The molecule has 1 heterocycles. The van der Waals surface area contributed by atoms with Gasteiger partial charge in [0.15, 0.2) is 5.57 Å². The maximum absolute atomic E-state index is 12.7. The average Bonchev–Trinajstić information content (AvgIpc) is 3.01. The van der Waals surface area contributed by atoms with Crippen molar-refractivity contribution in [2.75, 3.05) is 18.5 Å². The fourth-order valence-corrected chi connectivity index (χ4v) is 3.59. The van der Waals surface area contributed by atoms with E-state index in [1.807, 2.05) is 30.3 Å². The highest BCUT2D eigenvalue weighted by molar-refractivity contribution is 7.07. The van der Waals surface area contributed by atoms with Crippen LogP contribution < -0.4 is 25.4 Å². The van der Waals surface area contributed by atoms with Crippen LogP contribution in [0.3, 0.4) is 0 Å². The standard InChI is InChI=1S/C20H20N4O3S/c1-3-9-22-18(26)16(12-21)20-24(4-2)19(27)17(28-20)13-23-15-7-5-6-14(11-15)8-10-25/h1,5-7,11,13,23,25H,4,8-10H2,2H3,(H,22,26). The van der Waals surface area contributed by atoms with Gasteiger partial charge in [0.05, 0.1) is 6.54 Å². The van der Waals surface area contributed by atoms with E-state index in [9.17, 15) is 14.9 Å². The van der Waals surface area contributed by atoms with Crippen LogP contribution in [0.4, 0.5) is 5.69 Å². The van der Waals surface area contributed by atoms with Gasteiger partial charge >= 0.3 is 0 Å². The summed E-state index contributed by atoms with van der Waals surface area (Å²) in [5, 5.41) is 24.0. The zero-order valence-corrected chi connectivity index (χ0v) is 16.2. The average molecular weight is 396 g/mol. The predicted molar refractivity (Wildman–Crippen MR) is 110 cm³/mol. The Morgan fingerprint density at radius 3 is 2.89 bits per heavy atom. The quantitative estimate of drug-likeness (QED) is 0.559. The van der Waals surface area contributed by atoms with Crippen LogP contribution in [0.1, 0.15) is 12.5 Å². The second kappa shape index (κ2) is 10.1. The largest absolute Gasteiger partial charge is 0.396 e. The van der Waals surface area contributed by atoms with Gasteiger partial charge in [-0.2, -0.15) is 5.26 Å². The third kappa shape index (κ3) is 4.89. The number of hydrogen-bond acceptors (Lipinski definition) is 6. The van der Waals surface area contributed by atoms with Gasteiger partial charge in [-0.25, -0.2) is 0 Å². The van der Waals surface area contributed by atoms with Crippen LogP contribution in [-0.2, 0) is 17.8 Å². The van der Waals surface area contributed by atoms with Crippen LogP contribution in [0.15, 0.2) is 29.1 Å². The lowest BCUT2D eigenvalue weighted by Gasteiger charge is -2.03. The second-order valence-electron chi connectivity index (χ2n) is 5.66. The van der Waals surface area contributed by atoms with Gasteiger partial charge in [-0.15, -0.1) is 17.8 Å². The van der Waals surface area contributed by atoms with Gasteiger partial charge in [0.1, 0.15) is 15.3 Å². The predicted octanol–water partition coefficient (Wildman–Crippen LogP) is -0.262. The minimum absolute atomic E-state index is 0.00351. The Morgan fingerprint density at radius 2 is 2.25 bits per heavy atom. The Hall–Kier alpha value is -3.33. The number of amides is 1. The molecule has 1 aromatic carbocycles. The van der Waals surface area contributed by atoms with Crippen molar-refractivity contribution < 1.29 is 9.90 Å². The molecule has 0 radical (unpaired) electrons. The van der Waals surface area contributed by atoms with Gasteiger partial charge in [-0.3, -0.25) is 14.2 Å². The molecule has 1 aromatic heterocycles. The Bertz CT molecular complexity index is 1120.